The molecule has 2 aliphatic rings. The van der Waals surface area contributed by atoms with E-state index in [4.69, 9.17) is 16.3 Å². The van der Waals surface area contributed by atoms with Crippen molar-refractivity contribution < 1.29 is 17.9 Å². The van der Waals surface area contributed by atoms with Crippen molar-refractivity contribution in [1.29, 1.82) is 0 Å². The Hall–Kier alpha value is -1.75. The van der Waals surface area contributed by atoms with Crippen LogP contribution in [0.4, 0.5) is 5.13 Å². The van der Waals surface area contributed by atoms with Crippen LogP contribution >= 0.6 is 22.9 Å². The molecule has 1 atom stereocenters. The summed E-state index contributed by atoms with van der Waals surface area (Å²) >= 11 is 7.13. The zero-order valence-corrected chi connectivity index (χ0v) is 22.7. The highest BCUT2D eigenvalue weighted by Gasteiger charge is 2.36. The number of thiazole rings is 1. The molecule has 11 heteroatoms. The van der Waals surface area contributed by atoms with Crippen molar-refractivity contribution in [2.45, 2.75) is 81.9 Å². The third-order valence-corrected chi connectivity index (χ3v) is 10.9. The van der Waals surface area contributed by atoms with Crippen LogP contribution in [0.2, 0.25) is 4.34 Å². The van der Waals surface area contributed by atoms with Crippen molar-refractivity contribution in [3.05, 3.63) is 37.7 Å². The minimum absolute atomic E-state index is 0.139. The zero-order valence-electron chi connectivity index (χ0n) is 20.3. The van der Waals surface area contributed by atoms with Gasteiger partial charge in [-0.15, -0.1) is 0 Å². The van der Waals surface area contributed by atoms with Gasteiger partial charge in [-0.05, 0) is 64.4 Å². The summed E-state index contributed by atoms with van der Waals surface area (Å²) in [6, 6.07) is -0.811. The molecule has 3 heterocycles. The first-order valence-corrected chi connectivity index (χ1v) is 14.8. The number of anilines is 1. The summed E-state index contributed by atoms with van der Waals surface area (Å²) in [5.74, 6) is -0.161. The number of halogens is 1. The monoisotopic (exact) mass is 541 g/mol. The van der Waals surface area contributed by atoms with E-state index in [1.54, 1.807) is 20.8 Å². The topological polar surface area (TPSA) is 107 Å². The number of aromatic nitrogens is 2. The van der Waals surface area contributed by atoms with Crippen LogP contribution < -0.4 is 10.9 Å². The lowest BCUT2D eigenvalue weighted by atomic mass is 9.91. The summed E-state index contributed by atoms with van der Waals surface area (Å²) in [6.45, 7) is 6.27. The minimum atomic E-state index is -3.63. The molecule has 2 aromatic rings. The predicted molar refractivity (Wildman–Crippen MR) is 137 cm³/mol. The third-order valence-electron chi connectivity index (χ3n) is 7.37. The number of hydrogen-bond acceptors (Lipinski definition) is 7. The van der Waals surface area contributed by atoms with Crippen LogP contribution in [0.25, 0.3) is 0 Å². The van der Waals surface area contributed by atoms with E-state index < -0.39 is 26.7 Å². The van der Waals surface area contributed by atoms with Crippen molar-refractivity contribution in [3.8, 4) is 0 Å². The van der Waals surface area contributed by atoms with Crippen LogP contribution in [0.3, 0.4) is 0 Å². The molecule has 1 N–H and O–H groups in total. The van der Waals surface area contributed by atoms with E-state index in [0.29, 0.717) is 53.2 Å². The lowest BCUT2D eigenvalue weighted by Crippen LogP contribution is -2.39. The number of pyridine rings is 1. The minimum Gasteiger partial charge on any atom is -0.381 e. The molecule has 0 aromatic carbocycles. The molecule has 0 radical (unpaired) electrons. The van der Waals surface area contributed by atoms with Gasteiger partial charge in [0.15, 0.2) is 15.0 Å². The zero-order chi connectivity index (χ0) is 25.3. The summed E-state index contributed by atoms with van der Waals surface area (Å²) in [6.07, 6.45) is 6.51. The molecule has 192 valence electrons. The SMILES string of the molecule is Cc1c(S(=O)(=O)C2CCCC2)c(C)c(=O)n([C@@H](CC2CCOCC2)C(=O)Nc2ncc(Cl)s2)c1C. The highest BCUT2D eigenvalue weighted by atomic mass is 35.5. The van der Waals surface area contributed by atoms with E-state index in [9.17, 15) is 18.0 Å². The first-order valence-electron chi connectivity index (χ1n) is 12.1. The van der Waals surface area contributed by atoms with E-state index >= 15 is 0 Å². The normalized spacial score (nSPS) is 18.6. The average molecular weight is 542 g/mol. The molecule has 0 spiro atoms. The van der Waals surface area contributed by atoms with Crippen LogP contribution in [0, 0.1) is 26.7 Å². The molecule has 1 saturated heterocycles. The van der Waals surface area contributed by atoms with Gasteiger partial charge in [0.1, 0.15) is 10.4 Å². The molecule has 8 nitrogen and oxygen atoms in total. The fourth-order valence-electron chi connectivity index (χ4n) is 5.35. The van der Waals surface area contributed by atoms with Gasteiger partial charge in [0.05, 0.1) is 16.3 Å². The second-order valence-corrected chi connectivity index (χ2v) is 13.4. The van der Waals surface area contributed by atoms with Gasteiger partial charge in [-0.2, -0.15) is 0 Å². The molecule has 2 fully saturated rings. The number of carbonyl (C=O) groups is 1. The van der Waals surface area contributed by atoms with E-state index in [1.165, 1.54) is 10.8 Å². The van der Waals surface area contributed by atoms with Crippen molar-refractivity contribution in [1.82, 2.24) is 9.55 Å². The van der Waals surface area contributed by atoms with E-state index in [-0.39, 0.29) is 22.3 Å². The van der Waals surface area contributed by atoms with Crippen LogP contribution in [-0.4, -0.2) is 42.3 Å². The molecule has 0 bridgehead atoms. The van der Waals surface area contributed by atoms with Crippen LogP contribution in [-0.2, 0) is 19.4 Å². The Balaban J connectivity index is 1.78. The van der Waals surface area contributed by atoms with Gasteiger partial charge >= 0.3 is 0 Å². The summed E-state index contributed by atoms with van der Waals surface area (Å²) in [4.78, 5) is 31.5. The molecule has 35 heavy (non-hydrogen) atoms. The smallest absolute Gasteiger partial charge is 0.255 e. The van der Waals surface area contributed by atoms with Crippen molar-refractivity contribution in [2.75, 3.05) is 18.5 Å². The predicted octanol–water partition coefficient (Wildman–Crippen LogP) is 4.60. The van der Waals surface area contributed by atoms with Gasteiger partial charge < -0.3 is 10.1 Å². The molecular weight excluding hydrogens is 510 g/mol. The Morgan fingerprint density at radius 1 is 1.20 bits per heavy atom. The van der Waals surface area contributed by atoms with Gasteiger partial charge in [0, 0.05) is 24.5 Å². The highest BCUT2D eigenvalue weighted by molar-refractivity contribution is 7.92. The molecular formula is C24H32ClN3O5S2. The molecule has 2 aromatic heterocycles. The second kappa shape index (κ2) is 10.7. The Morgan fingerprint density at radius 3 is 2.46 bits per heavy atom. The first-order chi connectivity index (χ1) is 16.6. The molecule has 1 aliphatic carbocycles. The first kappa shape index (κ1) is 26.3. The summed E-state index contributed by atoms with van der Waals surface area (Å²) in [5, 5.41) is 2.71. The standard InChI is InChI=1S/C24H32ClN3O5S2/c1-14-16(3)28(23(30)15(2)21(14)35(31,32)18-6-4-5-7-18)19(12-17-8-10-33-11-9-17)22(29)27-24-26-13-20(25)34-24/h13,17-19H,4-12H2,1-3H3,(H,26,27,29)/t19-/m0/s1. The summed E-state index contributed by atoms with van der Waals surface area (Å²) in [7, 11) is -3.63. The Morgan fingerprint density at radius 2 is 1.86 bits per heavy atom. The Kier molecular flexibility index (Phi) is 8.05. The average Bonchev–Trinajstić information content (AvgIpc) is 3.50. The maximum absolute atomic E-state index is 13.7. The Labute approximate surface area is 215 Å². The molecule has 4 rings (SSSR count). The molecule has 1 amide bonds. The highest BCUT2D eigenvalue weighted by Crippen LogP contribution is 2.35. The number of amides is 1. The van der Waals surface area contributed by atoms with Crippen molar-refractivity contribution >= 4 is 43.8 Å². The van der Waals surface area contributed by atoms with Crippen LogP contribution in [0.5, 0.6) is 0 Å². The number of carbonyl (C=O) groups excluding carboxylic acids is 1. The molecule has 1 aliphatic heterocycles. The maximum Gasteiger partial charge on any atom is 0.255 e. The lowest BCUT2D eigenvalue weighted by molar-refractivity contribution is -0.120. The van der Waals surface area contributed by atoms with Gasteiger partial charge in [-0.1, -0.05) is 35.8 Å². The van der Waals surface area contributed by atoms with Gasteiger partial charge in [-0.25, -0.2) is 13.4 Å². The van der Waals surface area contributed by atoms with Crippen molar-refractivity contribution in [3.63, 3.8) is 0 Å². The number of hydrogen-bond donors (Lipinski definition) is 1. The fraction of sp³-hybridized carbons (Fsp3) is 0.625. The van der Waals surface area contributed by atoms with Gasteiger partial charge in [0.2, 0.25) is 5.91 Å². The van der Waals surface area contributed by atoms with Crippen molar-refractivity contribution in [2.24, 2.45) is 5.92 Å². The number of ether oxygens (including phenoxy) is 1. The second-order valence-electron chi connectivity index (χ2n) is 9.56. The van der Waals surface area contributed by atoms with E-state index in [0.717, 1.165) is 37.0 Å². The van der Waals surface area contributed by atoms with Crippen LogP contribution in [0.15, 0.2) is 15.9 Å². The third kappa shape index (κ3) is 5.35. The fourth-order valence-corrected chi connectivity index (χ4v) is 8.54. The number of rotatable bonds is 7. The summed E-state index contributed by atoms with van der Waals surface area (Å²) in [5.41, 5.74) is 0.786. The number of sulfone groups is 1. The van der Waals surface area contributed by atoms with E-state index in [1.807, 2.05) is 0 Å². The Bertz CT molecular complexity index is 1260. The lowest BCUT2D eigenvalue weighted by Gasteiger charge is -2.29. The van der Waals surface area contributed by atoms with Crippen LogP contribution in [0.1, 0.15) is 67.8 Å². The quantitative estimate of drug-likeness (QED) is 0.549. The van der Waals surface area contributed by atoms with E-state index in [2.05, 4.69) is 10.3 Å². The van der Waals surface area contributed by atoms with Gasteiger partial charge in [0.25, 0.3) is 5.56 Å². The maximum atomic E-state index is 13.7. The molecule has 0 unspecified atom stereocenters. The summed E-state index contributed by atoms with van der Waals surface area (Å²) < 4.78 is 34.4. The largest absolute Gasteiger partial charge is 0.381 e. The molecule has 1 saturated carbocycles. The number of nitrogens with one attached hydrogen (secondary N) is 1. The number of nitrogens with zero attached hydrogens (tertiary/aromatic N) is 2. The van der Waals surface area contributed by atoms with Gasteiger partial charge in [-0.3, -0.25) is 14.2 Å².